The number of likely N-dealkylation sites (tertiary alicyclic amines) is 1. The summed E-state index contributed by atoms with van der Waals surface area (Å²) in [6.07, 6.45) is 3.53. The molecule has 1 unspecified atom stereocenters. The van der Waals surface area contributed by atoms with E-state index in [1.54, 1.807) is 12.1 Å². The van der Waals surface area contributed by atoms with Crippen LogP contribution in [-0.4, -0.2) is 49.6 Å². The number of hydrogen-bond donors (Lipinski definition) is 0. The number of hydrogen-bond acceptors (Lipinski definition) is 3. The minimum Gasteiger partial charge on any atom is -0.494 e. The molecule has 0 radical (unpaired) electrons. The average Bonchev–Trinajstić information content (AvgIpc) is 2.67. The maximum Gasteiger partial charge on any atom is 0.165 e. The van der Waals surface area contributed by atoms with E-state index in [-0.39, 0.29) is 5.82 Å². The van der Waals surface area contributed by atoms with Crippen molar-refractivity contribution >= 4 is 0 Å². The van der Waals surface area contributed by atoms with Crippen molar-refractivity contribution in [2.24, 2.45) is 0 Å². The lowest BCUT2D eigenvalue weighted by atomic mass is 10.0. The highest BCUT2D eigenvalue weighted by atomic mass is 19.1. The van der Waals surface area contributed by atoms with Gasteiger partial charge in [0, 0.05) is 25.7 Å². The summed E-state index contributed by atoms with van der Waals surface area (Å²) in [6, 6.07) is 16.5. The van der Waals surface area contributed by atoms with Crippen LogP contribution >= 0.6 is 0 Å². The molecular formula is C22H29FN2O. The molecule has 0 spiro atoms. The topological polar surface area (TPSA) is 15.7 Å². The number of halogens is 1. The van der Waals surface area contributed by atoms with Crippen molar-refractivity contribution in [2.75, 3.05) is 33.8 Å². The fourth-order valence-corrected chi connectivity index (χ4v) is 3.75. The van der Waals surface area contributed by atoms with Gasteiger partial charge in [-0.05, 0) is 56.1 Å². The molecule has 0 bridgehead atoms. The summed E-state index contributed by atoms with van der Waals surface area (Å²) in [5.41, 5.74) is 2.39. The molecule has 1 atom stereocenters. The molecule has 0 aromatic heterocycles. The van der Waals surface area contributed by atoms with Crippen molar-refractivity contribution in [2.45, 2.75) is 31.8 Å². The van der Waals surface area contributed by atoms with Crippen LogP contribution in [0, 0.1) is 5.82 Å². The molecule has 140 valence electrons. The molecule has 1 aliphatic heterocycles. The van der Waals surface area contributed by atoms with E-state index < -0.39 is 0 Å². The molecule has 4 heteroatoms. The molecule has 2 aromatic rings. The highest BCUT2D eigenvalue weighted by molar-refractivity contribution is 5.29. The number of rotatable bonds is 7. The molecule has 1 fully saturated rings. The predicted molar refractivity (Wildman–Crippen MR) is 104 cm³/mol. The van der Waals surface area contributed by atoms with Crippen LogP contribution in [-0.2, 0) is 13.0 Å². The molecule has 0 saturated carbocycles. The van der Waals surface area contributed by atoms with Gasteiger partial charge in [0.05, 0.1) is 7.11 Å². The third-order valence-electron chi connectivity index (χ3n) is 5.31. The summed E-state index contributed by atoms with van der Waals surface area (Å²) in [5, 5.41) is 0. The minimum atomic E-state index is -0.286. The number of likely N-dealkylation sites (N-methyl/N-ethyl adjacent to an activating group) is 1. The first-order valence-corrected chi connectivity index (χ1v) is 9.44. The maximum atomic E-state index is 13.9. The van der Waals surface area contributed by atoms with E-state index in [4.69, 9.17) is 4.74 Å². The number of ether oxygens (including phenoxy) is 1. The van der Waals surface area contributed by atoms with Crippen LogP contribution in [0.3, 0.4) is 0 Å². The van der Waals surface area contributed by atoms with Gasteiger partial charge in [-0.15, -0.1) is 0 Å². The Balaban J connectivity index is 1.52. The lowest BCUT2D eigenvalue weighted by molar-refractivity contribution is 0.112. The van der Waals surface area contributed by atoms with Gasteiger partial charge in [-0.25, -0.2) is 4.39 Å². The second-order valence-corrected chi connectivity index (χ2v) is 7.22. The van der Waals surface area contributed by atoms with Crippen LogP contribution in [0.5, 0.6) is 5.75 Å². The van der Waals surface area contributed by atoms with Gasteiger partial charge in [-0.1, -0.05) is 36.4 Å². The van der Waals surface area contributed by atoms with Crippen molar-refractivity contribution in [1.29, 1.82) is 0 Å². The maximum absolute atomic E-state index is 13.9. The largest absolute Gasteiger partial charge is 0.494 e. The van der Waals surface area contributed by atoms with Crippen LogP contribution < -0.4 is 4.74 Å². The summed E-state index contributed by atoms with van der Waals surface area (Å²) in [6.45, 7) is 4.12. The lowest BCUT2D eigenvalue weighted by Gasteiger charge is -2.37. The van der Waals surface area contributed by atoms with E-state index in [1.807, 2.05) is 6.07 Å². The van der Waals surface area contributed by atoms with E-state index in [2.05, 4.69) is 47.2 Å². The first-order chi connectivity index (χ1) is 12.7. The van der Waals surface area contributed by atoms with E-state index >= 15 is 0 Å². The van der Waals surface area contributed by atoms with Gasteiger partial charge in [-0.2, -0.15) is 0 Å². The summed E-state index contributed by atoms with van der Waals surface area (Å²) in [5.74, 6) is 0.0210. The van der Waals surface area contributed by atoms with Crippen molar-refractivity contribution in [3.8, 4) is 5.75 Å². The van der Waals surface area contributed by atoms with Crippen LogP contribution in [0.2, 0.25) is 0 Å². The summed E-state index contributed by atoms with van der Waals surface area (Å²) >= 11 is 0. The normalized spacial score (nSPS) is 18.2. The number of nitrogens with zero attached hydrogens (tertiary/aromatic N) is 2. The molecule has 2 aromatic carbocycles. The fraction of sp³-hybridized carbons (Fsp3) is 0.455. The zero-order chi connectivity index (χ0) is 18.4. The van der Waals surface area contributed by atoms with Crippen LogP contribution in [0.15, 0.2) is 48.5 Å². The molecular weight excluding hydrogens is 327 g/mol. The fourth-order valence-electron chi connectivity index (χ4n) is 3.75. The highest BCUT2D eigenvalue weighted by Crippen LogP contribution is 2.21. The van der Waals surface area contributed by atoms with E-state index in [1.165, 1.54) is 32.1 Å². The summed E-state index contributed by atoms with van der Waals surface area (Å²) in [4.78, 5) is 4.92. The first kappa shape index (κ1) is 18.9. The Morgan fingerprint density at radius 3 is 2.69 bits per heavy atom. The molecule has 0 amide bonds. The smallest absolute Gasteiger partial charge is 0.165 e. The Hall–Kier alpha value is -1.91. The monoisotopic (exact) mass is 356 g/mol. The van der Waals surface area contributed by atoms with E-state index in [0.717, 1.165) is 31.6 Å². The van der Waals surface area contributed by atoms with E-state index in [0.29, 0.717) is 11.8 Å². The van der Waals surface area contributed by atoms with Gasteiger partial charge >= 0.3 is 0 Å². The molecule has 1 heterocycles. The summed E-state index contributed by atoms with van der Waals surface area (Å²) in [7, 11) is 3.64. The molecule has 3 nitrogen and oxygen atoms in total. The second-order valence-electron chi connectivity index (χ2n) is 7.22. The number of methoxy groups -OCH3 is 1. The number of piperidine rings is 1. The van der Waals surface area contributed by atoms with Crippen molar-refractivity contribution < 1.29 is 9.13 Å². The number of benzene rings is 2. The Morgan fingerprint density at radius 1 is 1.15 bits per heavy atom. The highest BCUT2D eigenvalue weighted by Gasteiger charge is 2.23. The lowest BCUT2D eigenvalue weighted by Crippen LogP contribution is -2.46. The van der Waals surface area contributed by atoms with Gasteiger partial charge in [0.2, 0.25) is 0 Å². The molecule has 26 heavy (non-hydrogen) atoms. The third kappa shape index (κ3) is 5.05. The summed E-state index contributed by atoms with van der Waals surface area (Å²) < 4.78 is 18.9. The molecule has 3 rings (SSSR count). The van der Waals surface area contributed by atoms with Crippen LogP contribution in [0.25, 0.3) is 0 Å². The van der Waals surface area contributed by atoms with Gasteiger partial charge < -0.3 is 9.64 Å². The Kier molecular flexibility index (Phi) is 6.64. The second kappa shape index (κ2) is 9.15. The SMILES string of the molecule is COc1ccc(CN(C)C2CCCN(CCc3ccccc3)C2)cc1F. The molecule has 0 aliphatic carbocycles. The van der Waals surface area contributed by atoms with Gasteiger partial charge in [0.1, 0.15) is 0 Å². The van der Waals surface area contributed by atoms with Gasteiger partial charge in [-0.3, -0.25) is 4.90 Å². The van der Waals surface area contributed by atoms with Gasteiger partial charge in [0.25, 0.3) is 0 Å². The van der Waals surface area contributed by atoms with Crippen LogP contribution in [0.1, 0.15) is 24.0 Å². The first-order valence-electron chi connectivity index (χ1n) is 9.44. The molecule has 1 saturated heterocycles. The molecule has 1 aliphatic rings. The average molecular weight is 356 g/mol. The van der Waals surface area contributed by atoms with Gasteiger partial charge in [0.15, 0.2) is 11.6 Å². The van der Waals surface area contributed by atoms with Crippen molar-refractivity contribution in [3.05, 3.63) is 65.5 Å². The van der Waals surface area contributed by atoms with Crippen molar-refractivity contribution in [1.82, 2.24) is 9.80 Å². The predicted octanol–water partition coefficient (Wildman–Crippen LogP) is 3.97. The Bertz CT molecular complexity index is 692. The Labute approximate surface area is 156 Å². The minimum absolute atomic E-state index is 0.286. The quantitative estimate of drug-likeness (QED) is 0.746. The van der Waals surface area contributed by atoms with Crippen LogP contribution in [0.4, 0.5) is 4.39 Å². The zero-order valence-corrected chi connectivity index (χ0v) is 15.8. The molecule has 0 N–H and O–H groups in total. The zero-order valence-electron chi connectivity index (χ0n) is 15.8. The van der Waals surface area contributed by atoms with E-state index in [9.17, 15) is 4.39 Å². The Morgan fingerprint density at radius 2 is 1.96 bits per heavy atom. The van der Waals surface area contributed by atoms with Crippen molar-refractivity contribution in [3.63, 3.8) is 0 Å². The third-order valence-corrected chi connectivity index (χ3v) is 5.31. The standard InChI is InChI=1S/C22H29FN2O/c1-24(16-19-10-11-22(26-2)21(23)15-19)20-9-6-13-25(17-20)14-12-18-7-4-3-5-8-18/h3-5,7-8,10-11,15,20H,6,9,12-14,16-17H2,1-2H3.